The Morgan fingerprint density at radius 3 is 2.33 bits per heavy atom. The molecule has 0 saturated carbocycles. The van der Waals surface area contributed by atoms with Gasteiger partial charge >= 0.3 is 0 Å². The molecule has 3 aromatic rings. The van der Waals surface area contributed by atoms with Crippen molar-refractivity contribution in [1.82, 2.24) is 0 Å². The molecule has 3 rings (SSSR count). The normalized spacial score (nSPS) is 12.5. The summed E-state index contributed by atoms with van der Waals surface area (Å²) in [4.78, 5) is 0.249. The van der Waals surface area contributed by atoms with Crippen LogP contribution in [0.1, 0.15) is 16.0 Å². The molecule has 0 amide bonds. The van der Waals surface area contributed by atoms with Gasteiger partial charge in [0.1, 0.15) is 0 Å². The van der Waals surface area contributed by atoms with Crippen LogP contribution >= 0.6 is 39.1 Å². The van der Waals surface area contributed by atoms with Crippen molar-refractivity contribution in [2.45, 2.75) is 11.2 Å². The monoisotopic (exact) mass is 378 g/mol. The van der Waals surface area contributed by atoms with Gasteiger partial charge in [0, 0.05) is 4.83 Å². The van der Waals surface area contributed by atoms with E-state index in [1.807, 2.05) is 18.2 Å². The van der Waals surface area contributed by atoms with Crippen LogP contribution in [0.4, 0.5) is 0 Å². The third-order valence-corrected chi connectivity index (χ3v) is 5.13. The Hall–Kier alpha value is -1.02. The quantitative estimate of drug-likeness (QED) is 0.437. The molecule has 0 saturated heterocycles. The van der Waals surface area contributed by atoms with Gasteiger partial charge < -0.3 is 0 Å². The zero-order chi connectivity index (χ0) is 14.8. The summed E-state index contributed by atoms with van der Waals surface area (Å²) in [7, 11) is 0. The predicted molar refractivity (Wildman–Crippen MR) is 95.8 cm³/mol. The van der Waals surface area contributed by atoms with E-state index in [1.165, 1.54) is 21.9 Å². The average Bonchev–Trinajstić information content (AvgIpc) is 2.50. The Kier molecular flexibility index (Phi) is 4.54. The molecule has 1 unspecified atom stereocenters. The molecular formula is C18H13BrCl2. The van der Waals surface area contributed by atoms with E-state index >= 15 is 0 Å². The average molecular weight is 380 g/mol. The number of alkyl halides is 1. The van der Waals surface area contributed by atoms with Gasteiger partial charge in [-0.3, -0.25) is 0 Å². The van der Waals surface area contributed by atoms with Crippen molar-refractivity contribution in [3.63, 3.8) is 0 Å². The lowest BCUT2D eigenvalue weighted by Gasteiger charge is -2.12. The summed E-state index contributed by atoms with van der Waals surface area (Å²) in [5.74, 6) is 0. The smallest absolute Gasteiger partial charge is 0.0595 e. The second-order valence-corrected chi connectivity index (χ2v) is 6.95. The summed E-state index contributed by atoms with van der Waals surface area (Å²) in [6, 6.07) is 20.7. The van der Waals surface area contributed by atoms with Gasteiger partial charge in [-0.15, -0.1) is 0 Å². The second kappa shape index (κ2) is 6.39. The number of hydrogen-bond donors (Lipinski definition) is 0. The minimum Gasteiger partial charge on any atom is -0.0835 e. The van der Waals surface area contributed by atoms with Crippen molar-refractivity contribution in [2.75, 3.05) is 0 Å². The molecule has 0 aliphatic carbocycles. The number of benzene rings is 3. The highest BCUT2D eigenvalue weighted by Gasteiger charge is 2.10. The van der Waals surface area contributed by atoms with Crippen LogP contribution in [0.3, 0.4) is 0 Å². The van der Waals surface area contributed by atoms with Crippen molar-refractivity contribution in [3.05, 3.63) is 81.8 Å². The molecule has 0 aliphatic rings. The number of hydrogen-bond acceptors (Lipinski definition) is 0. The van der Waals surface area contributed by atoms with E-state index in [0.717, 1.165) is 6.42 Å². The topological polar surface area (TPSA) is 0 Å². The highest BCUT2D eigenvalue weighted by atomic mass is 79.9. The standard InChI is InChI=1S/C18H13BrCl2/c19-16(9-12-5-8-17(20)18(21)10-12)15-7-6-13-3-1-2-4-14(13)11-15/h1-8,10-11,16H,9H2. The maximum absolute atomic E-state index is 6.07. The van der Waals surface area contributed by atoms with Gasteiger partial charge in [0.05, 0.1) is 10.0 Å². The Labute approximate surface area is 142 Å². The zero-order valence-electron chi connectivity index (χ0n) is 11.2. The summed E-state index contributed by atoms with van der Waals surface area (Å²) < 4.78 is 0. The van der Waals surface area contributed by atoms with E-state index in [-0.39, 0.29) is 4.83 Å². The molecule has 0 aromatic heterocycles. The van der Waals surface area contributed by atoms with Gasteiger partial charge in [-0.25, -0.2) is 0 Å². The first kappa shape index (κ1) is 14.9. The van der Waals surface area contributed by atoms with E-state index in [0.29, 0.717) is 10.0 Å². The summed E-state index contributed by atoms with van der Waals surface area (Å²) in [5.41, 5.74) is 2.43. The molecule has 0 N–H and O–H groups in total. The fourth-order valence-electron chi connectivity index (χ4n) is 2.39. The molecule has 21 heavy (non-hydrogen) atoms. The summed E-state index contributed by atoms with van der Waals surface area (Å²) in [5, 5.41) is 3.72. The van der Waals surface area contributed by atoms with Gasteiger partial charge in [0.2, 0.25) is 0 Å². The molecule has 0 spiro atoms. The van der Waals surface area contributed by atoms with Crippen LogP contribution in [-0.2, 0) is 6.42 Å². The van der Waals surface area contributed by atoms with E-state index in [4.69, 9.17) is 23.2 Å². The van der Waals surface area contributed by atoms with Crippen molar-refractivity contribution < 1.29 is 0 Å². The first-order valence-electron chi connectivity index (χ1n) is 6.70. The zero-order valence-corrected chi connectivity index (χ0v) is 14.3. The van der Waals surface area contributed by atoms with Crippen LogP contribution in [0.2, 0.25) is 10.0 Å². The van der Waals surface area contributed by atoms with Gasteiger partial charge in [-0.05, 0) is 40.5 Å². The summed E-state index contributed by atoms with van der Waals surface area (Å²) in [6.07, 6.45) is 0.870. The highest BCUT2D eigenvalue weighted by Crippen LogP contribution is 2.31. The molecule has 3 heteroatoms. The fraction of sp³-hybridized carbons (Fsp3) is 0.111. The molecular weight excluding hydrogens is 367 g/mol. The minimum atomic E-state index is 0.249. The van der Waals surface area contributed by atoms with Crippen LogP contribution in [-0.4, -0.2) is 0 Å². The number of rotatable bonds is 3. The third-order valence-electron chi connectivity index (χ3n) is 3.53. The molecule has 1 atom stereocenters. The Bertz CT molecular complexity index is 783. The van der Waals surface area contributed by atoms with Gasteiger partial charge in [-0.2, -0.15) is 0 Å². The Morgan fingerprint density at radius 1 is 0.810 bits per heavy atom. The van der Waals surface area contributed by atoms with Crippen molar-refractivity contribution in [3.8, 4) is 0 Å². The number of fused-ring (bicyclic) bond motifs is 1. The first-order chi connectivity index (χ1) is 10.1. The fourth-order valence-corrected chi connectivity index (χ4v) is 3.37. The molecule has 106 valence electrons. The highest BCUT2D eigenvalue weighted by molar-refractivity contribution is 9.09. The van der Waals surface area contributed by atoms with Crippen LogP contribution in [0.25, 0.3) is 10.8 Å². The Morgan fingerprint density at radius 2 is 1.57 bits per heavy atom. The lowest BCUT2D eigenvalue weighted by Crippen LogP contribution is -1.95. The SMILES string of the molecule is Clc1ccc(CC(Br)c2ccc3ccccc3c2)cc1Cl. The second-order valence-electron chi connectivity index (χ2n) is 5.03. The van der Waals surface area contributed by atoms with Gasteiger partial charge in [-0.1, -0.05) is 87.7 Å². The van der Waals surface area contributed by atoms with Crippen molar-refractivity contribution >= 4 is 49.9 Å². The molecule has 0 heterocycles. The van der Waals surface area contributed by atoms with E-state index in [1.54, 1.807) is 0 Å². The Balaban J connectivity index is 1.85. The molecule has 0 bridgehead atoms. The lowest BCUT2D eigenvalue weighted by atomic mass is 10.0. The van der Waals surface area contributed by atoms with Gasteiger partial charge in [0.25, 0.3) is 0 Å². The number of halogens is 3. The molecule has 0 radical (unpaired) electrons. The predicted octanol–water partition coefficient (Wildman–Crippen LogP) is 6.83. The van der Waals surface area contributed by atoms with Crippen molar-refractivity contribution in [1.29, 1.82) is 0 Å². The van der Waals surface area contributed by atoms with Crippen LogP contribution in [0.15, 0.2) is 60.7 Å². The van der Waals surface area contributed by atoms with Crippen LogP contribution in [0, 0.1) is 0 Å². The minimum absolute atomic E-state index is 0.249. The van der Waals surface area contributed by atoms with E-state index < -0.39 is 0 Å². The molecule has 0 fully saturated rings. The molecule has 0 nitrogen and oxygen atoms in total. The third kappa shape index (κ3) is 3.42. The van der Waals surface area contributed by atoms with Crippen LogP contribution in [0.5, 0.6) is 0 Å². The molecule has 3 aromatic carbocycles. The van der Waals surface area contributed by atoms with E-state index in [9.17, 15) is 0 Å². The van der Waals surface area contributed by atoms with Crippen LogP contribution < -0.4 is 0 Å². The summed E-state index contributed by atoms with van der Waals surface area (Å²) >= 11 is 15.8. The molecule has 0 aliphatic heterocycles. The largest absolute Gasteiger partial charge is 0.0835 e. The summed E-state index contributed by atoms with van der Waals surface area (Å²) in [6.45, 7) is 0. The maximum Gasteiger partial charge on any atom is 0.0595 e. The lowest BCUT2D eigenvalue weighted by molar-refractivity contribution is 0.951. The van der Waals surface area contributed by atoms with Gasteiger partial charge in [0.15, 0.2) is 0 Å². The van der Waals surface area contributed by atoms with E-state index in [2.05, 4.69) is 58.4 Å². The first-order valence-corrected chi connectivity index (χ1v) is 8.37. The maximum atomic E-state index is 6.07. The van der Waals surface area contributed by atoms with Crippen molar-refractivity contribution in [2.24, 2.45) is 0 Å².